The summed E-state index contributed by atoms with van der Waals surface area (Å²) in [4.78, 5) is 0. The molecule has 46 heavy (non-hydrogen) atoms. The number of rotatable bonds is 4. The van der Waals surface area contributed by atoms with E-state index >= 15 is 0 Å². The Morgan fingerprint density at radius 1 is 0.174 bits per heavy atom. The van der Waals surface area contributed by atoms with Crippen molar-refractivity contribution in [1.29, 1.82) is 0 Å². The van der Waals surface area contributed by atoms with Gasteiger partial charge in [0.25, 0.3) is 0 Å². The van der Waals surface area contributed by atoms with E-state index in [4.69, 9.17) is 0 Å². The van der Waals surface area contributed by atoms with E-state index in [2.05, 4.69) is 182 Å². The van der Waals surface area contributed by atoms with Crippen molar-refractivity contribution in [3.8, 4) is 44.5 Å². The number of hydrogen-bond acceptors (Lipinski definition) is 0. The zero-order valence-electron chi connectivity index (χ0n) is 25.3. The average Bonchev–Trinajstić information content (AvgIpc) is 3.13. The van der Waals surface area contributed by atoms with Gasteiger partial charge in [-0.2, -0.15) is 0 Å². The Kier molecular flexibility index (Phi) is 6.25. The second kappa shape index (κ2) is 10.9. The zero-order valence-corrected chi connectivity index (χ0v) is 25.3. The van der Waals surface area contributed by atoms with Gasteiger partial charge in [0.15, 0.2) is 0 Å². The molecule has 0 fully saturated rings. The van der Waals surface area contributed by atoms with Crippen molar-refractivity contribution in [1.82, 2.24) is 0 Å². The van der Waals surface area contributed by atoms with E-state index in [1.807, 2.05) is 0 Å². The molecule has 0 amide bonds. The van der Waals surface area contributed by atoms with Gasteiger partial charge in [0.05, 0.1) is 0 Å². The van der Waals surface area contributed by atoms with Crippen molar-refractivity contribution < 1.29 is 0 Å². The van der Waals surface area contributed by atoms with Crippen LogP contribution in [-0.4, -0.2) is 0 Å². The quantitative estimate of drug-likeness (QED) is 0.181. The van der Waals surface area contributed by atoms with Gasteiger partial charge >= 0.3 is 0 Å². The lowest BCUT2D eigenvalue weighted by Crippen LogP contribution is -1.92. The van der Waals surface area contributed by atoms with Gasteiger partial charge in [0, 0.05) is 0 Å². The Bertz CT molecular complexity index is 2270. The fourth-order valence-electron chi connectivity index (χ4n) is 7.54. The van der Waals surface area contributed by atoms with Crippen LogP contribution in [0.2, 0.25) is 0 Å². The van der Waals surface area contributed by atoms with Gasteiger partial charge < -0.3 is 0 Å². The molecule has 214 valence electrons. The molecule has 0 nitrogen and oxygen atoms in total. The van der Waals surface area contributed by atoms with Crippen LogP contribution in [0.4, 0.5) is 0 Å². The van der Waals surface area contributed by atoms with E-state index in [0.29, 0.717) is 0 Å². The van der Waals surface area contributed by atoms with Crippen LogP contribution in [0.3, 0.4) is 0 Å². The van der Waals surface area contributed by atoms with Gasteiger partial charge in [-0.1, -0.05) is 176 Å². The van der Waals surface area contributed by atoms with Crippen LogP contribution in [0.25, 0.3) is 87.6 Å². The number of fused-ring (bicyclic) bond motifs is 4. The Balaban J connectivity index is 1.35. The highest BCUT2D eigenvalue weighted by atomic mass is 14.2. The first-order valence-corrected chi connectivity index (χ1v) is 16.0. The van der Waals surface area contributed by atoms with Crippen LogP contribution in [0.1, 0.15) is 0 Å². The maximum absolute atomic E-state index is 2.41. The normalized spacial score (nSPS) is 11.5. The Morgan fingerprint density at radius 3 is 0.674 bits per heavy atom. The highest BCUT2D eigenvalue weighted by Gasteiger charge is 2.19. The third-order valence-corrected chi connectivity index (χ3v) is 9.43. The highest BCUT2D eigenvalue weighted by Crippen LogP contribution is 2.47. The monoisotopic (exact) mass is 582 g/mol. The Labute approximate surface area is 268 Å². The van der Waals surface area contributed by atoms with Gasteiger partial charge in [-0.3, -0.25) is 0 Å². The average molecular weight is 583 g/mol. The van der Waals surface area contributed by atoms with Crippen LogP contribution in [0, 0.1) is 0 Å². The molecule has 0 unspecified atom stereocenters. The standard InChI is InChI=1S/C46H30/c1-3-16-31(17-4-1)43-35-22-7-11-26-39(35)45(40-27-12-8-23-36(40)43)33-20-15-21-34(30-33)46-41-28-13-9-24-37(41)44(32-18-5-2-6-19-32)38-25-10-14-29-42(38)46/h1-30H. The van der Waals surface area contributed by atoms with Crippen LogP contribution in [-0.2, 0) is 0 Å². The molecule has 0 spiro atoms. The molecule has 0 heterocycles. The van der Waals surface area contributed by atoms with Gasteiger partial charge in [-0.15, -0.1) is 0 Å². The van der Waals surface area contributed by atoms with Crippen molar-refractivity contribution in [3.63, 3.8) is 0 Å². The molecule has 0 N–H and O–H groups in total. The Hall–Kier alpha value is -5.98. The summed E-state index contributed by atoms with van der Waals surface area (Å²) in [5.74, 6) is 0. The molecule has 9 aromatic rings. The molecule has 9 aromatic carbocycles. The van der Waals surface area contributed by atoms with Crippen LogP contribution < -0.4 is 0 Å². The predicted octanol–water partition coefficient (Wildman–Crippen LogP) is 13.0. The van der Waals surface area contributed by atoms with Gasteiger partial charge in [0.2, 0.25) is 0 Å². The lowest BCUT2D eigenvalue weighted by atomic mass is 9.83. The van der Waals surface area contributed by atoms with Crippen LogP contribution in [0.15, 0.2) is 182 Å². The van der Waals surface area contributed by atoms with Gasteiger partial charge in [-0.25, -0.2) is 0 Å². The summed E-state index contributed by atoms with van der Waals surface area (Å²) in [6, 6.07) is 66.4. The minimum Gasteiger partial charge on any atom is -0.0622 e. The van der Waals surface area contributed by atoms with Crippen molar-refractivity contribution in [2.45, 2.75) is 0 Å². The lowest BCUT2D eigenvalue weighted by Gasteiger charge is -2.20. The molecule has 0 atom stereocenters. The van der Waals surface area contributed by atoms with Crippen molar-refractivity contribution >= 4 is 43.1 Å². The minimum atomic E-state index is 1.23. The zero-order chi connectivity index (χ0) is 30.5. The summed E-state index contributed by atoms with van der Waals surface area (Å²) < 4.78 is 0. The summed E-state index contributed by atoms with van der Waals surface area (Å²) >= 11 is 0. The highest BCUT2D eigenvalue weighted by molar-refractivity contribution is 6.23. The molecule has 0 aliphatic carbocycles. The SMILES string of the molecule is c1ccc(-c2c3ccccc3c(-c3cccc(-c4c5ccccc5c(-c5ccccc5)c5ccccc45)c3)c3ccccc23)cc1. The summed E-state index contributed by atoms with van der Waals surface area (Å²) in [5, 5.41) is 10.2. The van der Waals surface area contributed by atoms with Crippen LogP contribution in [0.5, 0.6) is 0 Å². The predicted molar refractivity (Wildman–Crippen MR) is 198 cm³/mol. The second-order valence-corrected chi connectivity index (χ2v) is 12.0. The molecule has 0 heteroatoms. The molecule has 0 bridgehead atoms. The molecule has 9 rings (SSSR count). The maximum Gasteiger partial charge on any atom is -0.00262 e. The molecular weight excluding hydrogens is 553 g/mol. The van der Waals surface area contributed by atoms with E-state index < -0.39 is 0 Å². The summed E-state index contributed by atoms with van der Waals surface area (Å²) in [7, 11) is 0. The first-order valence-electron chi connectivity index (χ1n) is 16.0. The van der Waals surface area contributed by atoms with Crippen molar-refractivity contribution in [3.05, 3.63) is 182 Å². The lowest BCUT2D eigenvalue weighted by molar-refractivity contribution is 1.63. The van der Waals surface area contributed by atoms with E-state index in [0.717, 1.165) is 0 Å². The molecule has 0 saturated heterocycles. The van der Waals surface area contributed by atoms with Gasteiger partial charge in [0.1, 0.15) is 0 Å². The fraction of sp³-hybridized carbons (Fsp3) is 0. The van der Waals surface area contributed by atoms with E-state index in [1.165, 1.54) is 87.6 Å². The minimum absolute atomic E-state index is 1.23. The topological polar surface area (TPSA) is 0 Å². The third-order valence-electron chi connectivity index (χ3n) is 9.43. The van der Waals surface area contributed by atoms with Crippen molar-refractivity contribution in [2.24, 2.45) is 0 Å². The molecule has 0 saturated carbocycles. The maximum atomic E-state index is 2.41. The largest absolute Gasteiger partial charge is 0.0622 e. The summed E-state index contributed by atoms with van der Waals surface area (Å²) in [6.07, 6.45) is 0. The second-order valence-electron chi connectivity index (χ2n) is 12.0. The first kappa shape index (κ1) is 26.4. The first-order chi connectivity index (χ1) is 22.9. The molecular formula is C46H30. The summed E-state index contributed by atoms with van der Waals surface area (Å²) in [6.45, 7) is 0. The molecule has 0 aliphatic rings. The van der Waals surface area contributed by atoms with Gasteiger partial charge in [-0.05, 0) is 93.7 Å². The Morgan fingerprint density at radius 2 is 0.391 bits per heavy atom. The number of hydrogen-bond donors (Lipinski definition) is 0. The third kappa shape index (κ3) is 4.15. The van der Waals surface area contributed by atoms with E-state index in [9.17, 15) is 0 Å². The number of benzene rings is 9. The molecule has 0 radical (unpaired) electrons. The fourth-order valence-corrected chi connectivity index (χ4v) is 7.54. The smallest absolute Gasteiger partial charge is 0.00262 e. The van der Waals surface area contributed by atoms with Crippen molar-refractivity contribution in [2.75, 3.05) is 0 Å². The van der Waals surface area contributed by atoms with E-state index in [-0.39, 0.29) is 0 Å². The van der Waals surface area contributed by atoms with E-state index in [1.54, 1.807) is 0 Å². The molecule has 0 aliphatic heterocycles. The summed E-state index contributed by atoms with van der Waals surface area (Å²) in [5.41, 5.74) is 10.1. The molecule has 0 aromatic heterocycles. The van der Waals surface area contributed by atoms with Crippen LogP contribution >= 0.6 is 0 Å².